The molecule has 1 aromatic carbocycles. The van der Waals surface area contributed by atoms with Gasteiger partial charge in [-0.2, -0.15) is 5.10 Å². The molecule has 0 fully saturated rings. The Labute approximate surface area is 140 Å². The lowest BCUT2D eigenvalue weighted by atomic mass is 10.1. The number of halogens is 1. The van der Waals surface area contributed by atoms with Gasteiger partial charge in [0.05, 0.1) is 18.5 Å². The van der Waals surface area contributed by atoms with Crippen molar-refractivity contribution in [3.63, 3.8) is 0 Å². The largest absolute Gasteiger partial charge is 0.507 e. The van der Waals surface area contributed by atoms with Gasteiger partial charge < -0.3 is 14.8 Å². The third-order valence-electron chi connectivity index (χ3n) is 2.88. The van der Waals surface area contributed by atoms with E-state index in [2.05, 4.69) is 31.8 Å². The third kappa shape index (κ3) is 4.68. The smallest absolute Gasteiger partial charge is 0.329 e. The highest BCUT2D eigenvalue weighted by Gasteiger charge is 2.13. The average molecular weight is 380 g/mol. The minimum Gasteiger partial charge on any atom is -0.507 e. The Morgan fingerprint density at radius 1 is 1.30 bits per heavy atom. The van der Waals surface area contributed by atoms with Crippen molar-refractivity contribution in [2.24, 2.45) is 5.10 Å². The molecule has 3 N–H and O–H groups in total. The molecule has 1 heterocycles. The van der Waals surface area contributed by atoms with Crippen LogP contribution < -0.4 is 10.7 Å². The molecular weight excluding hydrogens is 366 g/mol. The Kier molecular flexibility index (Phi) is 5.53. The maximum Gasteiger partial charge on any atom is 0.329 e. The lowest BCUT2D eigenvalue weighted by Gasteiger charge is -2.06. The number of hydrogen-bond acceptors (Lipinski definition) is 5. The van der Waals surface area contributed by atoms with Crippen LogP contribution in [0.3, 0.4) is 0 Å². The number of furan rings is 1. The summed E-state index contributed by atoms with van der Waals surface area (Å²) in [7, 11) is 0. The molecule has 0 aliphatic heterocycles. The highest BCUT2D eigenvalue weighted by Crippen LogP contribution is 2.22. The molecule has 0 radical (unpaired) electrons. The van der Waals surface area contributed by atoms with E-state index >= 15 is 0 Å². The summed E-state index contributed by atoms with van der Waals surface area (Å²) in [4.78, 5) is 23.3. The second-order valence-corrected chi connectivity index (χ2v) is 5.48. The summed E-state index contributed by atoms with van der Waals surface area (Å²) < 4.78 is 5.79. The van der Waals surface area contributed by atoms with Crippen molar-refractivity contribution in [3.05, 3.63) is 52.4 Å². The van der Waals surface area contributed by atoms with E-state index in [1.165, 1.54) is 12.3 Å². The van der Waals surface area contributed by atoms with Gasteiger partial charge in [-0.3, -0.25) is 9.59 Å². The summed E-state index contributed by atoms with van der Waals surface area (Å²) in [6.07, 6.45) is 1.47. The summed E-state index contributed by atoms with van der Waals surface area (Å²) in [5, 5.41) is 16.0. The predicted octanol–water partition coefficient (Wildman–Crippen LogP) is 1.90. The number of hydrogen-bond donors (Lipinski definition) is 3. The van der Waals surface area contributed by atoms with Crippen LogP contribution in [0.4, 0.5) is 0 Å². The van der Waals surface area contributed by atoms with Gasteiger partial charge in [0.15, 0.2) is 0 Å². The number of phenolic OH excluding ortho intramolecular Hbond substituents is 1. The second-order valence-electron chi connectivity index (χ2n) is 4.56. The predicted molar refractivity (Wildman–Crippen MR) is 86.7 cm³/mol. The van der Waals surface area contributed by atoms with Crippen LogP contribution in [0.2, 0.25) is 0 Å². The molecule has 8 heteroatoms. The van der Waals surface area contributed by atoms with Crippen LogP contribution in [0.15, 0.2) is 50.6 Å². The van der Waals surface area contributed by atoms with Gasteiger partial charge in [-0.1, -0.05) is 15.9 Å². The summed E-state index contributed by atoms with van der Waals surface area (Å²) in [5.74, 6) is -1.20. The number of amides is 2. The van der Waals surface area contributed by atoms with Gasteiger partial charge in [0.1, 0.15) is 11.5 Å². The lowest BCUT2D eigenvalue weighted by molar-refractivity contribution is -0.139. The minimum absolute atomic E-state index is 0.0194. The minimum atomic E-state index is -0.912. The molecule has 0 atom stereocenters. The van der Waals surface area contributed by atoms with Gasteiger partial charge in [-0.25, -0.2) is 5.43 Å². The first-order valence-corrected chi connectivity index (χ1v) is 7.40. The molecule has 0 aliphatic rings. The molecule has 0 spiro atoms. The maximum absolute atomic E-state index is 11.7. The molecule has 23 heavy (non-hydrogen) atoms. The fraction of sp³-hybridized carbons (Fsp3) is 0.133. The molecule has 1 aromatic heterocycles. The number of nitrogens with one attached hydrogen (secondary N) is 2. The normalized spacial score (nSPS) is 11.1. The van der Waals surface area contributed by atoms with Crippen LogP contribution in [0.25, 0.3) is 0 Å². The number of phenols is 1. The molecule has 2 aromatic rings. The lowest BCUT2D eigenvalue weighted by Crippen LogP contribution is -2.37. The number of rotatable bonds is 4. The summed E-state index contributed by atoms with van der Waals surface area (Å²) in [6.45, 7) is 1.71. The van der Waals surface area contributed by atoms with Gasteiger partial charge in [-0.05, 0) is 37.3 Å². The quantitative estimate of drug-likeness (QED) is 0.428. The van der Waals surface area contributed by atoms with E-state index in [0.717, 1.165) is 4.47 Å². The SMILES string of the molecule is C/C(=N\NC(=O)C(=O)NCc1ccco1)c1cc(Br)ccc1O. The fourth-order valence-electron chi connectivity index (χ4n) is 1.70. The zero-order chi connectivity index (χ0) is 16.8. The summed E-state index contributed by atoms with van der Waals surface area (Å²) >= 11 is 3.28. The summed E-state index contributed by atoms with van der Waals surface area (Å²) in [5.41, 5.74) is 2.94. The van der Waals surface area contributed by atoms with Crippen LogP contribution in [-0.2, 0) is 16.1 Å². The second kappa shape index (κ2) is 7.59. The van der Waals surface area contributed by atoms with E-state index in [9.17, 15) is 14.7 Å². The number of hydrazone groups is 1. The Hall–Kier alpha value is -2.61. The highest BCUT2D eigenvalue weighted by atomic mass is 79.9. The highest BCUT2D eigenvalue weighted by molar-refractivity contribution is 9.10. The van der Waals surface area contributed by atoms with Crippen molar-refractivity contribution < 1.29 is 19.1 Å². The zero-order valence-corrected chi connectivity index (χ0v) is 13.8. The fourth-order valence-corrected chi connectivity index (χ4v) is 2.07. The van der Waals surface area contributed by atoms with Crippen molar-refractivity contribution in [2.45, 2.75) is 13.5 Å². The maximum atomic E-state index is 11.7. The monoisotopic (exact) mass is 379 g/mol. The van der Waals surface area contributed by atoms with E-state index in [-0.39, 0.29) is 12.3 Å². The number of aromatic hydroxyl groups is 1. The molecule has 0 unspecified atom stereocenters. The average Bonchev–Trinajstić information content (AvgIpc) is 3.05. The molecule has 120 valence electrons. The first-order chi connectivity index (χ1) is 11.0. The molecule has 0 saturated heterocycles. The molecule has 7 nitrogen and oxygen atoms in total. The van der Waals surface area contributed by atoms with Crippen LogP contribution in [-0.4, -0.2) is 22.6 Å². The first-order valence-electron chi connectivity index (χ1n) is 6.61. The number of carbonyl (C=O) groups is 2. The first kappa shape index (κ1) is 16.8. The Balaban J connectivity index is 1.94. The number of benzene rings is 1. The molecule has 2 amide bonds. The van der Waals surface area contributed by atoms with Crippen molar-refractivity contribution in [3.8, 4) is 5.75 Å². The van der Waals surface area contributed by atoms with E-state index in [1.807, 2.05) is 0 Å². The topological polar surface area (TPSA) is 104 Å². The van der Waals surface area contributed by atoms with Gasteiger partial charge in [0, 0.05) is 10.0 Å². The van der Waals surface area contributed by atoms with E-state index in [1.54, 1.807) is 31.2 Å². The Morgan fingerprint density at radius 2 is 2.09 bits per heavy atom. The Morgan fingerprint density at radius 3 is 2.78 bits per heavy atom. The van der Waals surface area contributed by atoms with E-state index in [0.29, 0.717) is 17.0 Å². The van der Waals surface area contributed by atoms with Gasteiger partial charge in [-0.15, -0.1) is 0 Å². The van der Waals surface area contributed by atoms with Crippen LogP contribution in [0.1, 0.15) is 18.2 Å². The van der Waals surface area contributed by atoms with Gasteiger partial charge in [0.2, 0.25) is 0 Å². The van der Waals surface area contributed by atoms with Crippen molar-refractivity contribution in [1.29, 1.82) is 0 Å². The van der Waals surface area contributed by atoms with Crippen LogP contribution >= 0.6 is 15.9 Å². The molecule has 0 aliphatic carbocycles. The number of carbonyl (C=O) groups excluding carboxylic acids is 2. The third-order valence-corrected chi connectivity index (χ3v) is 3.38. The van der Waals surface area contributed by atoms with E-state index in [4.69, 9.17) is 4.42 Å². The number of nitrogens with zero attached hydrogens (tertiary/aromatic N) is 1. The van der Waals surface area contributed by atoms with Crippen molar-refractivity contribution in [1.82, 2.24) is 10.7 Å². The van der Waals surface area contributed by atoms with Crippen molar-refractivity contribution in [2.75, 3.05) is 0 Å². The van der Waals surface area contributed by atoms with E-state index < -0.39 is 11.8 Å². The zero-order valence-electron chi connectivity index (χ0n) is 12.2. The standard InChI is InChI=1S/C15H14BrN3O4/c1-9(12-7-10(16)4-5-13(12)20)18-19-15(22)14(21)17-8-11-3-2-6-23-11/h2-7,20H,8H2,1H3,(H,17,21)(H,19,22)/b18-9+. The summed E-state index contributed by atoms with van der Waals surface area (Å²) in [6, 6.07) is 8.18. The van der Waals surface area contributed by atoms with Gasteiger partial charge >= 0.3 is 11.8 Å². The van der Waals surface area contributed by atoms with Gasteiger partial charge in [0.25, 0.3) is 0 Å². The molecular formula is C15H14BrN3O4. The van der Waals surface area contributed by atoms with Crippen molar-refractivity contribution >= 4 is 33.5 Å². The molecule has 2 rings (SSSR count). The Bertz CT molecular complexity index is 741. The van der Waals surface area contributed by atoms with Crippen LogP contribution in [0, 0.1) is 0 Å². The molecule has 0 bridgehead atoms. The molecule has 0 saturated carbocycles. The van der Waals surface area contributed by atoms with Crippen LogP contribution in [0.5, 0.6) is 5.75 Å².